The SMILES string of the molecule is CNc1nc(C)cn1-c1ccccc1C. The van der Waals surface area contributed by atoms with E-state index in [1.165, 1.54) is 11.3 Å². The van der Waals surface area contributed by atoms with Gasteiger partial charge in [-0.15, -0.1) is 0 Å². The lowest BCUT2D eigenvalue weighted by molar-refractivity contribution is 1.04. The number of para-hydroxylation sites is 1. The monoisotopic (exact) mass is 201 g/mol. The maximum Gasteiger partial charge on any atom is 0.207 e. The standard InChI is InChI=1S/C12H15N3/c1-9-6-4-5-7-11(9)15-8-10(2)14-12(15)13-3/h4-8H,1-3H3,(H,13,14). The second kappa shape index (κ2) is 3.77. The third kappa shape index (κ3) is 1.73. The number of nitrogens with one attached hydrogen (secondary N) is 1. The second-order valence-electron chi connectivity index (χ2n) is 3.61. The van der Waals surface area contributed by atoms with Crippen molar-refractivity contribution in [3.63, 3.8) is 0 Å². The predicted molar refractivity (Wildman–Crippen MR) is 62.6 cm³/mol. The summed E-state index contributed by atoms with van der Waals surface area (Å²) >= 11 is 0. The first-order valence-electron chi connectivity index (χ1n) is 5.02. The van der Waals surface area contributed by atoms with E-state index >= 15 is 0 Å². The summed E-state index contributed by atoms with van der Waals surface area (Å²) in [7, 11) is 1.89. The van der Waals surface area contributed by atoms with E-state index in [9.17, 15) is 0 Å². The van der Waals surface area contributed by atoms with Gasteiger partial charge in [0.2, 0.25) is 5.95 Å². The number of rotatable bonds is 2. The quantitative estimate of drug-likeness (QED) is 0.809. The van der Waals surface area contributed by atoms with E-state index in [-0.39, 0.29) is 0 Å². The van der Waals surface area contributed by atoms with Crippen LogP contribution in [0.15, 0.2) is 30.5 Å². The lowest BCUT2D eigenvalue weighted by Gasteiger charge is -2.09. The molecule has 0 unspecified atom stereocenters. The molecule has 0 aliphatic rings. The third-order valence-electron chi connectivity index (χ3n) is 2.42. The Labute approximate surface area is 89.8 Å². The van der Waals surface area contributed by atoms with Crippen molar-refractivity contribution in [1.82, 2.24) is 9.55 Å². The van der Waals surface area contributed by atoms with E-state index in [1.807, 2.05) is 32.3 Å². The summed E-state index contributed by atoms with van der Waals surface area (Å²) in [4.78, 5) is 4.40. The highest BCUT2D eigenvalue weighted by atomic mass is 15.2. The fraction of sp³-hybridized carbons (Fsp3) is 0.250. The van der Waals surface area contributed by atoms with E-state index in [2.05, 4.69) is 33.9 Å². The Balaban J connectivity index is 2.58. The molecule has 0 aliphatic carbocycles. The molecule has 0 radical (unpaired) electrons. The van der Waals surface area contributed by atoms with Gasteiger partial charge < -0.3 is 5.32 Å². The number of aryl methyl sites for hydroxylation is 2. The first-order valence-corrected chi connectivity index (χ1v) is 5.02. The molecule has 0 amide bonds. The molecule has 15 heavy (non-hydrogen) atoms. The third-order valence-corrected chi connectivity index (χ3v) is 2.42. The van der Waals surface area contributed by atoms with E-state index < -0.39 is 0 Å². The highest BCUT2D eigenvalue weighted by Gasteiger charge is 2.06. The molecule has 1 aromatic heterocycles. The van der Waals surface area contributed by atoms with Crippen LogP contribution < -0.4 is 5.32 Å². The zero-order chi connectivity index (χ0) is 10.8. The second-order valence-corrected chi connectivity index (χ2v) is 3.61. The fourth-order valence-electron chi connectivity index (χ4n) is 1.69. The van der Waals surface area contributed by atoms with E-state index in [1.54, 1.807) is 0 Å². The predicted octanol–water partition coefficient (Wildman–Crippen LogP) is 2.53. The van der Waals surface area contributed by atoms with E-state index in [4.69, 9.17) is 0 Å². The maximum atomic E-state index is 4.40. The molecular weight excluding hydrogens is 186 g/mol. The van der Waals surface area contributed by atoms with Crippen LogP contribution in [0.2, 0.25) is 0 Å². The molecule has 0 saturated carbocycles. The average Bonchev–Trinajstić information content (AvgIpc) is 2.60. The molecule has 2 aromatic rings. The van der Waals surface area contributed by atoms with Crippen molar-refractivity contribution in [2.45, 2.75) is 13.8 Å². The number of imidazole rings is 1. The maximum absolute atomic E-state index is 4.40. The molecule has 0 atom stereocenters. The van der Waals surface area contributed by atoms with Crippen molar-refractivity contribution in [3.8, 4) is 5.69 Å². The number of hydrogen-bond donors (Lipinski definition) is 1. The molecule has 2 rings (SSSR count). The summed E-state index contributed by atoms with van der Waals surface area (Å²) in [6.45, 7) is 4.10. The van der Waals surface area contributed by atoms with Crippen LogP contribution in [0, 0.1) is 13.8 Å². The van der Waals surface area contributed by atoms with Gasteiger partial charge in [0.25, 0.3) is 0 Å². The van der Waals surface area contributed by atoms with Crippen LogP contribution in [0.5, 0.6) is 0 Å². The van der Waals surface area contributed by atoms with Crippen molar-refractivity contribution < 1.29 is 0 Å². The molecule has 1 heterocycles. The van der Waals surface area contributed by atoms with Gasteiger partial charge in [0.05, 0.1) is 11.4 Å². The van der Waals surface area contributed by atoms with Gasteiger partial charge in [0.1, 0.15) is 0 Å². The molecular formula is C12H15N3. The highest BCUT2D eigenvalue weighted by Crippen LogP contribution is 2.19. The molecule has 1 aromatic carbocycles. The molecule has 78 valence electrons. The Bertz CT molecular complexity index is 471. The van der Waals surface area contributed by atoms with Crippen LogP contribution in [-0.2, 0) is 0 Å². The molecule has 0 saturated heterocycles. The highest BCUT2D eigenvalue weighted by molar-refractivity contribution is 5.47. The molecule has 0 aliphatic heterocycles. The number of benzene rings is 1. The number of hydrogen-bond acceptors (Lipinski definition) is 2. The molecule has 0 spiro atoms. The lowest BCUT2D eigenvalue weighted by Crippen LogP contribution is -2.01. The number of nitrogens with zero attached hydrogens (tertiary/aromatic N) is 2. The Hall–Kier alpha value is -1.77. The molecule has 1 N–H and O–H groups in total. The molecule has 3 nitrogen and oxygen atoms in total. The summed E-state index contributed by atoms with van der Waals surface area (Å²) in [6.07, 6.45) is 2.04. The topological polar surface area (TPSA) is 29.9 Å². The van der Waals surface area contributed by atoms with Crippen LogP contribution in [0.1, 0.15) is 11.3 Å². The minimum atomic E-state index is 0.877. The zero-order valence-corrected chi connectivity index (χ0v) is 9.28. The minimum Gasteiger partial charge on any atom is -0.358 e. The van der Waals surface area contributed by atoms with Crippen LogP contribution in [0.4, 0.5) is 5.95 Å². The normalized spacial score (nSPS) is 10.3. The van der Waals surface area contributed by atoms with Gasteiger partial charge in [-0.1, -0.05) is 18.2 Å². The van der Waals surface area contributed by atoms with E-state index in [0.717, 1.165) is 11.6 Å². The number of aromatic nitrogens is 2. The average molecular weight is 201 g/mol. The van der Waals surface area contributed by atoms with Crippen molar-refractivity contribution in [3.05, 3.63) is 41.7 Å². The van der Waals surface area contributed by atoms with Gasteiger partial charge in [-0.2, -0.15) is 0 Å². The van der Waals surface area contributed by atoms with Gasteiger partial charge in [-0.05, 0) is 25.5 Å². The fourth-order valence-corrected chi connectivity index (χ4v) is 1.69. The van der Waals surface area contributed by atoms with Crippen molar-refractivity contribution in [1.29, 1.82) is 0 Å². The Kier molecular flexibility index (Phi) is 2.46. The summed E-state index contributed by atoms with van der Waals surface area (Å²) in [5.74, 6) is 0.877. The van der Waals surface area contributed by atoms with Crippen LogP contribution in [0.3, 0.4) is 0 Å². The first kappa shape index (κ1) is 9.77. The van der Waals surface area contributed by atoms with Crippen LogP contribution in [-0.4, -0.2) is 16.6 Å². The van der Waals surface area contributed by atoms with Gasteiger partial charge >= 0.3 is 0 Å². The van der Waals surface area contributed by atoms with Gasteiger partial charge in [-0.3, -0.25) is 4.57 Å². The molecule has 0 fully saturated rings. The molecule has 3 heteroatoms. The summed E-state index contributed by atoms with van der Waals surface area (Å²) in [5, 5.41) is 3.09. The minimum absolute atomic E-state index is 0.877. The summed E-state index contributed by atoms with van der Waals surface area (Å²) in [5.41, 5.74) is 3.43. The van der Waals surface area contributed by atoms with Crippen LogP contribution >= 0.6 is 0 Å². The Morgan fingerprint density at radius 1 is 1.20 bits per heavy atom. The van der Waals surface area contributed by atoms with E-state index in [0.29, 0.717) is 0 Å². The largest absolute Gasteiger partial charge is 0.358 e. The van der Waals surface area contributed by atoms with Crippen molar-refractivity contribution in [2.75, 3.05) is 12.4 Å². The smallest absolute Gasteiger partial charge is 0.207 e. The van der Waals surface area contributed by atoms with Crippen molar-refractivity contribution in [2.24, 2.45) is 0 Å². The summed E-state index contributed by atoms with van der Waals surface area (Å²) < 4.78 is 2.07. The van der Waals surface area contributed by atoms with Gasteiger partial charge in [0.15, 0.2) is 0 Å². The van der Waals surface area contributed by atoms with Crippen molar-refractivity contribution >= 4 is 5.95 Å². The Morgan fingerprint density at radius 2 is 1.93 bits per heavy atom. The Morgan fingerprint density at radius 3 is 2.60 bits per heavy atom. The van der Waals surface area contributed by atoms with Crippen LogP contribution in [0.25, 0.3) is 5.69 Å². The first-order chi connectivity index (χ1) is 7.22. The number of anilines is 1. The van der Waals surface area contributed by atoms with Gasteiger partial charge in [-0.25, -0.2) is 4.98 Å². The zero-order valence-electron chi connectivity index (χ0n) is 9.28. The summed E-state index contributed by atoms with van der Waals surface area (Å²) in [6, 6.07) is 8.28. The van der Waals surface area contributed by atoms with Gasteiger partial charge in [0, 0.05) is 13.2 Å². The molecule has 0 bridgehead atoms. The lowest BCUT2D eigenvalue weighted by atomic mass is 10.2.